The van der Waals surface area contributed by atoms with Crippen molar-refractivity contribution in [3.05, 3.63) is 22.1 Å². The van der Waals surface area contributed by atoms with Gasteiger partial charge in [0.05, 0.1) is 12.8 Å². The van der Waals surface area contributed by atoms with Crippen LogP contribution in [0.2, 0.25) is 0 Å². The highest BCUT2D eigenvalue weighted by Gasteiger charge is 2.17. The van der Waals surface area contributed by atoms with Crippen LogP contribution in [-0.2, 0) is 4.74 Å². The van der Waals surface area contributed by atoms with Gasteiger partial charge in [0.25, 0.3) is 5.56 Å². The second kappa shape index (κ2) is 4.99. The first kappa shape index (κ1) is 11.6. The molecule has 0 aromatic carbocycles. The number of esters is 1. The van der Waals surface area contributed by atoms with E-state index in [1.807, 2.05) is 4.90 Å². The van der Waals surface area contributed by atoms with Gasteiger partial charge in [-0.2, -0.15) is 0 Å². The van der Waals surface area contributed by atoms with Crippen molar-refractivity contribution < 1.29 is 9.53 Å². The van der Waals surface area contributed by atoms with Gasteiger partial charge in [0.1, 0.15) is 5.56 Å². The summed E-state index contributed by atoms with van der Waals surface area (Å²) in [6.07, 6.45) is 3.48. The number of H-pyrrole nitrogens is 1. The van der Waals surface area contributed by atoms with Gasteiger partial charge in [0.2, 0.25) is 5.95 Å². The van der Waals surface area contributed by atoms with Gasteiger partial charge in [-0.05, 0) is 19.8 Å². The summed E-state index contributed by atoms with van der Waals surface area (Å²) >= 11 is 0. The van der Waals surface area contributed by atoms with E-state index in [4.69, 9.17) is 4.74 Å². The van der Waals surface area contributed by atoms with Gasteiger partial charge in [-0.3, -0.25) is 9.78 Å². The summed E-state index contributed by atoms with van der Waals surface area (Å²) in [7, 11) is 0. The van der Waals surface area contributed by atoms with Crippen LogP contribution in [0, 0.1) is 0 Å². The highest BCUT2D eigenvalue weighted by molar-refractivity contribution is 5.88. The van der Waals surface area contributed by atoms with E-state index in [0.717, 1.165) is 25.9 Å². The number of carbonyl (C=O) groups is 1. The fourth-order valence-corrected chi connectivity index (χ4v) is 1.83. The fourth-order valence-electron chi connectivity index (χ4n) is 1.83. The zero-order chi connectivity index (χ0) is 12.3. The second-order valence-electron chi connectivity index (χ2n) is 3.86. The molecule has 1 aliphatic rings. The Labute approximate surface area is 98.6 Å². The summed E-state index contributed by atoms with van der Waals surface area (Å²) in [4.78, 5) is 31.8. The van der Waals surface area contributed by atoms with E-state index < -0.39 is 11.5 Å². The second-order valence-corrected chi connectivity index (χ2v) is 3.86. The third-order valence-electron chi connectivity index (χ3n) is 2.69. The molecule has 0 amide bonds. The first-order valence-corrected chi connectivity index (χ1v) is 5.73. The normalized spacial score (nSPS) is 15.0. The average molecular weight is 237 g/mol. The minimum atomic E-state index is -0.630. The molecule has 2 heterocycles. The number of carbonyl (C=O) groups excluding carboxylic acids is 1. The van der Waals surface area contributed by atoms with Gasteiger partial charge in [-0.1, -0.05) is 0 Å². The van der Waals surface area contributed by atoms with Gasteiger partial charge >= 0.3 is 5.97 Å². The van der Waals surface area contributed by atoms with Crippen LogP contribution < -0.4 is 10.5 Å². The van der Waals surface area contributed by atoms with Crippen LogP contribution in [0.15, 0.2) is 11.0 Å². The molecule has 0 spiro atoms. The monoisotopic (exact) mass is 237 g/mol. The van der Waals surface area contributed by atoms with Crippen LogP contribution in [0.5, 0.6) is 0 Å². The first-order valence-electron chi connectivity index (χ1n) is 5.73. The number of aromatic nitrogens is 2. The van der Waals surface area contributed by atoms with Gasteiger partial charge in [-0.15, -0.1) is 0 Å². The standard InChI is InChI=1S/C11H15N3O3/c1-2-17-10(16)8-7-12-11(13-9(8)15)14-5-3-4-6-14/h7H,2-6H2,1H3,(H,12,13,15). The lowest BCUT2D eigenvalue weighted by Crippen LogP contribution is -2.27. The van der Waals surface area contributed by atoms with Crippen LogP contribution in [0.25, 0.3) is 0 Å². The lowest BCUT2D eigenvalue weighted by atomic mass is 10.3. The Bertz CT molecular complexity index is 463. The number of nitrogens with one attached hydrogen (secondary N) is 1. The van der Waals surface area contributed by atoms with Gasteiger partial charge in [0, 0.05) is 13.1 Å². The fraction of sp³-hybridized carbons (Fsp3) is 0.545. The molecule has 17 heavy (non-hydrogen) atoms. The topological polar surface area (TPSA) is 75.3 Å². The van der Waals surface area contributed by atoms with Crippen molar-refractivity contribution in [2.75, 3.05) is 24.6 Å². The third-order valence-corrected chi connectivity index (χ3v) is 2.69. The lowest BCUT2D eigenvalue weighted by Gasteiger charge is -2.15. The molecule has 1 saturated heterocycles. The smallest absolute Gasteiger partial charge is 0.345 e. The summed E-state index contributed by atoms with van der Waals surface area (Å²) in [6.45, 7) is 3.72. The lowest BCUT2D eigenvalue weighted by molar-refractivity contribution is 0.0524. The molecule has 6 nitrogen and oxygen atoms in total. The number of ether oxygens (including phenoxy) is 1. The van der Waals surface area contributed by atoms with Crippen LogP contribution in [0.4, 0.5) is 5.95 Å². The molecule has 1 fully saturated rings. The van der Waals surface area contributed by atoms with Gasteiger partial charge in [-0.25, -0.2) is 9.78 Å². The summed E-state index contributed by atoms with van der Waals surface area (Å²) in [6, 6.07) is 0. The maximum Gasteiger partial charge on any atom is 0.345 e. The van der Waals surface area contributed by atoms with E-state index >= 15 is 0 Å². The van der Waals surface area contributed by atoms with Crippen LogP contribution in [0.3, 0.4) is 0 Å². The number of anilines is 1. The average Bonchev–Trinajstić information content (AvgIpc) is 2.82. The number of aromatic amines is 1. The molecule has 0 radical (unpaired) electrons. The molecule has 1 aromatic heterocycles. The van der Waals surface area contributed by atoms with Crippen LogP contribution >= 0.6 is 0 Å². The zero-order valence-corrected chi connectivity index (χ0v) is 9.73. The molecule has 0 aliphatic carbocycles. The maximum absolute atomic E-state index is 11.7. The summed E-state index contributed by atoms with van der Waals surface area (Å²) in [5.74, 6) is -0.102. The van der Waals surface area contributed by atoms with E-state index in [1.54, 1.807) is 6.92 Å². The number of rotatable bonds is 3. The van der Waals surface area contributed by atoms with E-state index in [2.05, 4.69) is 9.97 Å². The Kier molecular flexibility index (Phi) is 3.41. The minimum absolute atomic E-state index is 0.0465. The van der Waals surface area contributed by atoms with E-state index in [-0.39, 0.29) is 12.2 Å². The number of nitrogens with zero attached hydrogens (tertiary/aromatic N) is 2. The highest BCUT2D eigenvalue weighted by Crippen LogP contribution is 2.13. The largest absolute Gasteiger partial charge is 0.462 e. The Morgan fingerprint density at radius 1 is 1.53 bits per heavy atom. The van der Waals surface area contributed by atoms with Gasteiger partial charge < -0.3 is 9.64 Å². The maximum atomic E-state index is 11.7. The van der Waals surface area contributed by atoms with Gasteiger partial charge in [0.15, 0.2) is 0 Å². The molecule has 0 atom stereocenters. The molecule has 2 rings (SSSR count). The molecular weight excluding hydrogens is 222 g/mol. The van der Waals surface area contributed by atoms with Crippen molar-refractivity contribution in [1.29, 1.82) is 0 Å². The highest BCUT2D eigenvalue weighted by atomic mass is 16.5. The number of hydrogen-bond donors (Lipinski definition) is 1. The Hall–Kier alpha value is -1.85. The molecule has 0 saturated carbocycles. The van der Waals surface area contributed by atoms with Crippen molar-refractivity contribution in [2.45, 2.75) is 19.8 Å². The molecular formula is C11H15N3O3. The van der Waals surface area contributed by atoms with Crippen molar-refractivity contribution in [3.63, 3.8) is 0 Å². The third kappa shape index (κ3) is 2.46. The van der Waals surface area contributed by atoms with E-state index in [0.29, 0.717) is 5.95 Å². The molecule has 0 unspecified atom stereocenters. The van der Waals surface area contributed by atoms with Crippen molar-refractivity contribution in [1.82, 2.24) is 9.97 Å². The van der Waals surface area contributed by atoms with Crippen molar-refractivity contribution in [3.8, 4) is 0 Å². The molecule has 1 aromatic rings. The predicted molar refractivity (Wildman–Crippen MR) is 62.3 cm³/mol. The van der Waals surface area contributed by atoms with Crippen molar-refractivity contribution >= 4 is 11.9 Å². The predicted octanol–water partition coefficient (Wildman–Crippen LogP) is 0.547. The minimum Gasteiger partial charge on any atom is -0.462 e. The summed E-state index contributed by atoms with van der Waals surface area (Å²) < 4.78 is 4.76. The summed E-state index contributed by atoms with van der Waals surface area (Å²) in [5.41, 5.74) is -0.491. The molecule has 0 bridgehead atoms. The zero-order valence-electron chi connectivity index (χ0n) is 9.73. The van der Waals surface area contributed by atoms with Crippen molar-refractivity contribution in [2.24, 2.45) is 0 Å². The first-order chi connectivity index (χ1) is 8.22. The summed E-state index contributed by atoms with van der Waals surface area (Å²) in [5, 5.41) is 0. The number of hydrogen-bond acceptors (Lipinski definition) is 5. The molecule has 1 aliphatic heterocycles. The van der Waals surface area contributed by atoms with E-state index in [1.165, 1.54) is 6.20 Å². The Morgan fingerprint density at radius 3 is 2.82 bits per heavy atom. The Morgan fingerprint density at radius 2 is 2.24 bits per heavy atom. The molecule has 92 valence electrons. The van der Waals surface area contributed by atoms with Crippen LogP contribution in [0.1, 0.15) is 30.1 Å². The SMILES string of the molecule is CCOC(=O)c1cnc(N2CCCC2)[nH]c1=O. The quantitative estimate of drug-likeness (QED) is 0.777. The Balaban J connectivity index is 2.22. The molecule has 6 heteroatoms. The van der Waals surface area contributed by atoms with Crippen LogP contribution in [-0.4, -0.2) is 35.6 Å². The van der Waals surface area contributed by atoms with E-state index in [9.17, 15) is 9.59 Å². The molecule has 1 N–H and O–H groups in total.